The Morgan fingerprint density at radius 3 is 2.43 bits per heavy atom. The lowest BCUT2D eigenvalue weighted by Crippen LogP contribution is -2.58. The molecule has 3 N–H and O–H groups in total. The molecule has 1 spiro atoms. The molecule has 5 aliphatic rings. The van der Waals surface area contributed by atoms with E-state index >= 15 is 0 Å². The van der Waals surface area contributed by atoms with E-state index in [9.17, 15) is 24.3 Å². The van der Waals surface area contributed by atoms with Crippen molar-refractivity contribution >= 4 is 72.8 Å². The van der Waals surface area contributed by atoms with Crippen LogP contribution in [0.4, 0.5) is 16.6 Å². The van der Waals surface area contributed by atoms with Crippen molar-refractivity contribution in [2.24, 2.45) is 18.4 Å². The smallest absolute Gasteiger partial charge is 0.355 e. The van der Waals surface area contributed by atoms with Crippen LogP contribution in [-0.2, 0) is 29.6 Å². The summed E-state index contributed by atoms with van der Waals surface area (Å²) in [5, 5.41) is 22.4. The molecule has 1 atom stereocenters. The summed E-state index contributed by atoms with van der Waals surface area (Å²) in [6.07, 6.45) is 7.48. The monoisotopic (exact) mass is 1040 g/mol. The first kappa shape index (κ1) is 49.7. The zero-order chi connectivity index (χ0) is 52.1. The van der Waals surface area contributed by atoms with Gasteiger partial charge in [-0.3, -0.25) is 29.7 Å². The number of carbonyl (C=O) groups is 4. The number of nitrogens with zero attached hydrogens (tertiary/aromatic N) is 8. The first-order valence-electron chi connectivity index (χ1n) is 26.9. The van der Waals surface area contributed by atoms with Crippen molar-refractivity contribution in [2.75, 3.05) is 80.6 Å². The molecule has 7 heterocycles. The molecule has 7 aromatic rings. The van der Waals surface area contributed by atoms with Crippen LogP contribution in [0.5, 0.6) is 5.75 Å². The minimum atomic E-state index is -1.11. The molecule has 4 fully saturated rings. The van der Waals surface area contributed by atoms with Gasteiger partial charge in [0, 0.05) is 101 Å². The second kappa shape index (κ2) is 20.7. The molecule has 0 bridgehead atoms. The van der Waals surface area contributed by atoms with Crippen LogP contribution in [0.1, 0.15) is 94.1 Å². The van der Waals surface area contributed by atoms with Gasteiger partial charge in [0.2, 0.25) is 11.8 Å². The van der Waals surface area contributed by atoms with Crippen LogP contribution in [-0.4, -0.2) is 124 Å². The molecule has 3 aromatic heterocycles. The highest BCUT2D eigenvalue weighted by atomic mass is 32.1. The Morgan fingerprint density at radius 2 is 1.63 bits per heavy atom. The number of aromatic nitrogens is 4. The van der Waals surface area contributed by atoms with E-state index in [4.69, 9.17) is 14.8 Å². The second-order valence-electron chi connectivity index (χ2n) is 21.7. The number of imide groups is 1. The number of aryl methyl sites for hydroxylation is 1. The number of thiazole rings is 1. The molecule has 4 aliphatic heterocycles. The van der Waals surface area contributed by atoms with Crippen LogP contribution in [0.2, 0.25) is 0 Å². The molecule has 0 radical (unpaired) electrons. The molecular formula is C59H64N10O6S. The van der Waals surface area contributed by atoms with Crippen LogP contribution in [0.25, 0.3) is 32.2 Å². The Morgan fingerprint density at radius 1 is 0.842 bits per heavy atom. The molecule has 3 amide bonds. The fraction of sp³-hybridized carbons (Fsp3) is 0.407. The minimum absolute atomic E-state index is 0.0248. The molecule has 4 aromatic carbocycles. The summed E-state index contributed by atoms with van der Waals surface area (Å²) in [4.78, 5) is 70.2. The van der Waals surface area contributed by atoms with Gasteiger partial charge in [-0.15, -0.1) is 0 Å². The second-order valence-corrected chi connectivity index (χ2v) is 22.7. The Balaban J connectivity index is 0.600. The topological polar surface area (TPSA) is 178 Å². The highest BCUT2D eigenvalue weighted by molar-refractivity contribution is 7.22. The lowest BCUT2D eigenvalue weighted by Gasteiger charge is -2.55. The lowest BCUT2D eigenvalue weighted by molar-refractivity contribution is -0.134. The summed E-state index contributed by atoms with van der Waals surface area (Å²) in [6.45, 7) is 12.1. The van der Waals surface area contributed by atoms with Gasteiger partial charge in [0.1, 0.15) is 11.6 Å². The maximum absolute atomic E-state index is 13.7. The zero-order valence-electron chi connectivity index (χ0n) is 43.2. The van der Waals surface area contributed by atoms with Gasteiger partial charge in [-0.2, -0.15) is 5.10 Å². The van der Waals surface area contributed by atoms with E-state index in [0.29, 0.717) is 66.5 Å². The fourth-order valence-corrected chi connectivity index (χ4v) is 13.6. The molecule has 392 valence electrons. The van der Waals surface area contributed by atoms with Crippen molar-refractivity contribution in [2.45, 2.75) is 70.8 Å². The third-order valence-corrected chi connectivity index (χ3v) is 17.8. The maximum atomic E-state index is 13.7. The number of hydrogen-bond donors (Lipinski definition) is 3. The first-order chi connectivity index (χ1) is 37.0. The number of pyridine rings is 1. The van der Waals surface area contributed by atoms with Gasteiger partial charge in [0.15, 0.2) is 10.8 Å². The van der Waals surface area contributed by atoms with E-state index < -0.39 is 11.9 Å². The van der Waals surface area contributed by atoms with Crippen LogP contribution in [0.15, 0.2) is 91.0 Å². The summed E-state index contributed by atoms with van der Waals surface area (Å²) in [6, 6.07) is 29.4. The minimum Gasteiger partial charge on any atom is -0.493 e. The van der Waals surface area contributed by atoms with Gasteiger partial charge in [-0.05, 0) is 123 Å². The first-order valence-corrected chi connectivity index (χ1v) is 27.8. The molecule has 12 rings (SSSR count). The van der Waals surface area contributed by atoms with Crippen LogP contribution < -0.4 is 25.2 Å². The molecule has 1 aliphatic carbocycles. The number of piperidine rings is 1. The summed E-state index contributed by atoms with van der Waals surface area (Å²) in [5.41, 5.74) is 8.93. The van der Waals surface area contributed by atoms with Gasteiger partial charge >= 0.3 is 5.97 Å². The molecule has 16 nitrogen and oxygen atoms in total. The molecule has 76 heavy (non-hydrogen) atoms. The average molecular weight is 1040 g/mol. The molecule has 17 heteroatoms. The summed E-state index contributed by atoms with van der Waals surface area (Å²) in [5.74, 6) is -0.174. The third kappa shape index (κ3) is 9.80. The SMILES string of the molecule is Cc1c(OCCCN2CCN(CC3CCC4(CC3)CN(c3cccc5c(C6CCC(=O)NC6=O)nn(C)c35)C4)CC2)cccc1-c1ccc(N2CCc3cccc(C(=O)Nc4nc5ccccc5s4)c3C2)nc1C(=O)O. The Labute approximate surface area is 446 Å². The normalized spacial score (nSPS) is 19.2. The van der Waals surface area contributed by atoms with E-state index in [1.807, 2.05) is 96.3 Å². The predicted octanol–water partition coefficient (Wildman–Crippen LogP) is 8.67. The number of fused-ring (bicyclic) bond motifs is 3. The lowest BCUT2D eigenvalue weighted by atomic mass is 9.65. The van der Waals surface area contributed by atoms with Crippen LogP contribution in [0.3, 0.4) is 0 Å². The molecule has 1 unspecified atom stereocenters. The van der Waals surface area contributed by atoms with Crippen molar-refractivity contribution in [3.63, 3.8) is 0 Å². The highest BCUT2D eigenvalue weighted by Crippen LogP contribution is 2.49. The number of carbonyl (C=O) groups excluding carboxylic acids is 3. The Hall–Kier alpha value is -7.21. The number of carboxylic acid groups (broad SMARTS) is 1. The molecule has 3 saturated heterocycles. The Bertz CT molecular complexity index is 3350. The summed E-state index contributed by atoms with van der Waals surface area (Å²) < 4.78 is 9.31. The number of para-hydroxylation sites is 2. The summed E-state index contributed by atoms with van der Waals surface area (Å²) >= 11 is 1.44. The largest absolute Gasteiger partial charge is 0.493 e. The average Bonchev–Trinajstić information content (AvgIpc) is 4.06. The van der Waals surface area contributed by atoms with Crippen LogP contribution >= 0.6 is 11.3 Å². The zero-order valence-corrected chi connectivity index (χ0v) is 44.0. The van der Waals surface area contributed by atoms with Crippen LogP contribution in [0, 0.1) is 18.3 Å². The standard InChI is InChI=1S/C59H64N10O6S/c1-37-40(41-17-19-50(61-53(41)57(73)74)68-27-23-39-9-5-11-42(45(39)34-68)55(71)63-58-60-46-13-3-4-16-49(46)76-58)10-7-15-48(37)75-32-8-26-66-28-30-67(31-29-66)33-38-21-24-59(25-22-38)35-69(36-59)47-14-6-12-43-52(64-65(2)54(43)47)44-18-20-51(70)62-56(44)72/h3-7,9-17,19,38,44H,8,18,20-36H2,1-2H3,(H,73,74)(H,60,63,71)(H,62,70,72). The number of ether oxygens (including phenoxy) is 1. The molecular weight excluding hydrogens is 977 g/mol. The van der Waals surface area contributed by atoms with E-state index in [0.717, 1.165) is 113 Å². The number of piperazine rings is 1. The maximum Gasteiger partial charge on any atom is 0.355 e. The number of carboxylic acids is 1. The van der Waals surface area contributed by atoms with Crippen molar-refractivity contribution in [1.29, 1.82) is 0 Å². The van der Waals surface area contributed by atoms with E-state index in [1.165, 1.54) is 49.3 Å². The van der Waals surface area contributed by atoms with E-state index in [1.54, 1.807) is 0 Å². The van der Waals surface area contributed by atoms with Gasteiger partial charge in [0.25, 0.3) is 5.91 Å². The van der Waals surface area contributed by atoms with Gasteiger partial charge < -0.3 is 29.4 Å². The van der Waals surface area contributed by atoms with E-state index in [-0.39, 0.29) is 23.4 Å². The highest BCUT2D eigenvalue weighted by Gasteiger charge is 2.46. The number of benzene rings is 4. The predicted molar refractivity (Wildman–Crippen MR) is 296 cm³/mol. The van der Waals surface area contributed by atoms with Crippen molar-refractivity contribution < 1.29 is 29.0 Å². The summed E-state index contributed by atoms with van der Waals surface area (Å²) in [7, 11) is 1.96. The number of rotatable bonds is 14. The number of anilines is 3. The number of hydrogen-bond acceptors (Lipinski definition) is 13. The van der Waals surface area contributed by atoms with Crippen molar-refractivity contribution in [3.8, 4) is 16.9 Å². The van der Waals surface area contributed by atoms with Crippen molar-refractivity contribution in [1.82, 2.24) is 34.9 Å². The quantitative estimate of drug-likeness (QED) is 0.0697. The molecule has 1 saturated carbocycles. The van der Waals surface area contributed by atoms with E-state index in [2.05, 4.69) is 48.5 Å². The number of nitrogens with one attached hydrogen (secondary N) is 2. The number of amides is 3. The van der Waals surface area contributed by atoms with Gasteiger partial charge in [0.05, 0.1) is 39.6 Å². The van der Waals surface area contributed by atoms with Crippen molar-refractivity contribution in [3.05, 3.63) is 125 Å². The fourth-order valence-electron chi connectivity index (χ4n) is 12.7. The number of aromatic carboxylic acids is 1. The Kier molecular flexibility index (Phi) is 13.5. The third-order valence-electron chi connectivity index (χ3n) is 16.9. The van der Waals surface area contributed by atoms with Gasteiger partial charge in [-0.1, -0.05) is 59.9 Å². The van der Waals surface area contributed by atoms with Gasteiger partial charge in [-0.25, -0.2) is 14.8 Å².